The summed E-state index contributed by atoms with van der Waals surface area (Å²) in [6.07, 6.45) is 1.58. The molecule has 3 aliphatic rings. The molecule has 3 fully saturated rings. The van der Waals surface area contributed by atoms with E-state index in [2.05, 4.69) is 4.90 Å². The third kappa shape index (κ3) is 3.51. The number of hydrogen-bond acceptors (Lipinski definition) is 7. The first-order chi connectivity index (χ1) is 12.1. The molecule has 0 aromatic rings. The number of carbonyl (C=O) groups is 1. The lowest BCUT2D eigenvalue weighted by Crippen LogP contribution is -2.56. The summed E-state index contributed by atoms with van der Waals surface area (Å²) in [6.45, 7) is 0.818. The maximum Gasteiger partial charge on any atom is 0.451 e. The van der Waals surface area contributed by atoms with Crippen LogP contribution in [-0.2, 0) is 15.0 Å². The van der Waals surface area contributed by atoms with Gasteiger partial charge >= 0.3 is 13.1 Å². The lowest BCUT2D eigenvalue weighted by atomic mass is 9.78. The van der Waals surface area contributed by atoms with E-state index in [0.717, 1.165) is 6.42 Å². The van der Waals surface area contributed by atoms with E-state index in [0.29, 0.717) is 25.9 Å². The molecule has 10 nitrogen and oxygen atoms in total. The average Bonchev–Trinajstić information content (AvgIpc) is 3.26. The number of carboxylic acid groups (broad SMARTS) is 1. The average molecular weight is 390 g/mol. The summed E-state index contributed by atoms with van der Waals surface area (Å²) in [5, 5.41) is 27.5. The minimum atomic E-state index is -3.77. The Hall–Kier alpha value is -0.755. The van der Waals surface area contributed by atoms with E-state index in [1.807, 2.05) is 7.05 Å². The summed E-state index contributed by atoms with van der Waals surface area (Å²) in [6, 6.07) is 0.199. The predicted octanol–water partition coefficient (Wildman–Crippen LogP) is -2.41. The second kappa shape index (κ2) is 7.00. The first kappa shape index (κ1) is 20.0. The zero-order valence-electron chi connectivity index (χ0n) is 14.9. The summed E-state index contributed by atoms with van der Waals surface area (Å²) in [5.74, 6) is -1.80. The van der Waals surface area contributed by atoms with Gasteiger partial charge in [0, 0.05) is 44.2 Å². The molecule has 0 aromatic carbocycles. The van der Waals surface area contributed by atoms with Crippen molar-refractivity contribution >= 4 is 23.3 Å². The van der Waals surface area contributed by atoms with Crippen molar-refractivity contribution in [3.05, 3.63) is 0 Å². The molecule has 12 heteroatoms. The van der Waals surface area contributed by atoms with Crippen LogP contribution in [0.5, 0.6) is 0 Å². The van der Waals surface area contributed by atoms with Gasteiger partial charge in [-0.1, -0.05) is 6.42 Å². The zero-order valence-corrected chi connectivity index (χ0v) is 15.7. The van der Waals surface area contributed by atoms with Crippen LogP contribution in [0.15, 0.2) is 0 Å². The summed E-state index contributed by atoms with van der Waals surface area (Å²) in [4.78, 5) is 13.9. The highest BCUT2D eigenvalue weighted by Crippen LogP contribution is 2.40. The van der Waals surface area contributed by atoms with E-state index in [1.54, 1.807) is 0 Å². The van der Waals surface area contributed by atoms with E-state index < -0.39 is 34.8 Å². The van der Waals surface area contributed by atoms with Crippen LogP contribution < -0.4 is 5.73 Å². The van der Waals surface area contributed by atoms with Gasteiger partial charge in [-0.3, -0.25) is 4.79 Å². The number of carboxylic acids is 1. The molecule has 1 saturated carbocycles. The molecule has 0 aromatic heterocycles. The minimum Gasteiger partial charge on any atom is -0.480 e. The van der Waals surface area contributed by atoms with Gasteiger partial charge in [0.05, 0.1) is 0 Å². The van der Waals surface area contributed by atoms with Crippen LogP contribution in [0.1, 0.15) is 19.3 Å². The molecule has 148 valence electrons. The zero-order chi connectivity index (χ0) is 19.3. The lowest BCUT2D eigenvalue weighted by Gasteiger charge is -2.33. The standard InChI is InChI=1S/C14H27BN4O6S/c1-17-5-6-19(12-7-11(12)17)26(24,25)18-8-10(3-2-4-15(22)23)14(16,9-18)13(20)21/h10-12,22-23H,2-9,16H2,1H3,(H,20,21)/t10-,11+,12-,14-/m0/s1. The summed E-state index contributed by atoms with van der Waals surface area (Å²) in [7, 11) is -3.26. The predicted molar refractivity (Wildman–Crippen MR) is 94.3 cm³/mol. The van der Waals surface area contributed by atoms with Gasteiger partial charge < -0.3 is 25.8 Å². The van der Waals surface area contributed by atoms with Crippen molar-refractivity contribution in [2.75, 3.05) is 33.2 Å². The topological polar surface area (TPSA) is 148 Å². The van der Waals surface area contributed by atoms with Crippen molar-refractivity contribution in [3.8, 4) is 0 Å². The Labute approximate surface area is 153 Å². The first-order valence-electron chi connectivity index (χ1n) is 8.93. The van der Waals surface area contributed by atoms with Gasteiger partial charge in [-0.2, -0.15) is 17.0 Å². The van der Waals surface area contributed by atoms with Gasteiger partial charge in [0.25, 0.3) is 10.2 Å². The molecule has 0 spiro atoms. The number of aliphatic carboxylic acids is 1. The molecule has 1 aliphatic carbocycles. The maximum atomic E-state index is 13.1. The first-order valence-corrected chi connectivity index (χ1v) is 10.3. The summed E-state index contributed by atoms with van der Waals surface area (Å²) >= 11 is 0. The monoisotopic (exact) mass is 390 g/mol. The molecule has 0 amide bonds. The molecular formula is C14H27BN4O6S. The molecule has 3 rings (SSSR count). The second-order valence-electron chi connectivity index (χ2n) is 7.72. The van der Waals surface area contributed by atoms with Crippen molar-refractivity contribution in [2.45, 2.75) is 43.2 Å². The van der Waals surface area contributed by atoms with Gasteiger partial charge in [-0.25, -0.2) is 0 Å². The smallest absolute Gasteiger partial charge is 0.451 e. The van der Waals surface area contributed by atoms with Gasteiger partial charge in [0.2, 0.25) is 0 Å². The molecule has 0 bridgehead atoms. The fourth-order valence-corrected chi connectivity index (χ4v) is 6.11. The Morgan fingerprint density at radius 3 is 2.62 bits per heavy atom. The highest BCUT2D eigenvalue weighted by atomic mass is 32.2. The molecule has 2 aliphatic heterocycles. The highest BCUT2D eigenvalue weighted by molar-refractivity contribution is 7.86. The second-order valence-corrected chi connectivity index (χ2v) is 9.60. The molecule has 0 unspecified atom stereocenters. The van der Waals surface area contributed by atoms with Crippen molar-refractivity contribution in [2.24, 2.45) is 11.7 Å². The quantitative estimate of drug-likeness (QED) is 0.351. The fourth-order valence-electron chi connectivity index (χ4n) is 4.18. The van der Waals surface area contributed by atoms with Gasteiger partial charge in [-0.15, -0.1) is 0 Å². The summed E-state index contributed by atoms with van der Waals surface area (Å²) in [5.41, 5.74) is 4.43. The van der Waals surface area contributed by atoms with Crippen molar-refractivity contribution < 1.29 is 28.4 Å². The van der Waals surface area contributed by atoms with Crippen LogP contribution in [0.4, 0.5) is 0 Å². The van der Waals surface area contributed by atoms with E-state index in [9.17, 15) is 18.3 Å². The van der Waals surface area contributed by atoms with Crippen LogP contribution in [0.3, 0.4) is 0 Å². The van der Waals surface area contributed by atoms with E-state index in [1.165, 1.54) is 8.61 Å². The minimum absolute atomic E-state index is 0.0381. The van der Waals surface area contributed by atoms with Gasteiger partial charge in [0.15, 0.2) is 0 Å². The third-order valence-electron chi connectivity index (χ3n) is 5.96. The lowest BCUT2D eigenvalue weighted by molar-refractivity contribution is -0.144. The molecule has 0 radical (unpaired) electrons. The Bertz CT molecular complexity index is 664. The van der Waals surface area contributed by atoms with E-state index in [4.69, 9.17) is 15.8 Å². The number of hydrogen-bond donors (Lipinski definition) is 4. The largest absolute Gasteiger partial charge is 0.480 e. The normalized spacial score (nSPS) is 36.1. The Balaban J connectivity index is 1.73. The molecule has 5 N–H and O–H groups in total. The fraction of sp³-hybridized carbons (Fsp3) is 0.929. The van der Waals surface area contributed by atoms with E-state index >= 15 is 0 Å². The number of nitrogens with two attached hydrogens (primary N) is 1. The Kier molecular flexibility index (Phi) is 5.39. The number of rotatable bonds is 7. The van der Waals surface area contributed by atoms with Gasteiger partial charge in [-0.05, 0) is 26.2 Å². The van der Waals surface area contributed by atoms with Gasteiger partial charge in [0.1, 0.15) is 5.54 Å². The van der Waals surface area contributed by atoms with Crippen molar-refractivity contribution in [3.63, 3.8) is 0 Å². The van der Waals surface area contributed by atoms with Crippen LogP contribution in [-0.4, -0.2) is 101 Å². The van der Waals surface area contributed by atoms with E-state index in [-0.39, 0.29) is 31.5 Å². The van der Waals surface area contributed by atoms with Crippen molar-refractivity contribution in [1.82, 2.24) is 13.5 Å². The third-order valence-corrected chi connectivity index (χ3v) is 7.94. The maximum absolute atomic E-state index is 13.1. The van der Waals surface area contributed by atoms with Crippen LogP contribution in [0.25, 0.3) is 0 Å². The summed E-state index contributed by atoms with van der Waals surface area (Å²) < 4.78 is 28.8. The SMILES string of the molecule is CN1CCN(S(=O)(=O)N2C[C@H](CCCB(O)O)[C@](N)(C(=O)O)C2)[C@H]2C[C@H]21. The van der Waals surface area contributed by atoms with Crippen LogP contribution >= 0.6 is 0 Å². The number of nitrogens with zero attached hydrogens (tertiary/aromatic N) is 3. The highest BCUT2D eigenvalue weighted by Gasteiger charge is 2.57. The van der Waals surface area contributed by atoms with Crippen LogP contribution in [0, 0.1) is 5.92 Å². The number of piperazine rings is 1. The Morgan fingerprint density at radius 2 is 2.00 bits per heavy atom. The Morgan fingerprint density at radius 1 is 1.31 bits per heavy atom. The van der Waals surface area contributed by atoms with Crippen LogP contribution in [0.2, 0.25) is 6.32 Å². The molecule has 26 heavy (non-hydrogen) atoms. The number of likely N-dealkylation sites (N-methyl/N-ethyl adjacent to an activating group) is 1. The molecule has 2 heterocycles. The van der Waals surface area contributed by atoms with Crippen molar-refractivity contribution in [1.29, 1.82) is 0 Å². The molecule has 2 saturated heterocycles. The molecule has 4 atom stereocenters. The number of fused-ring (bicyclic) bond motifs is 1. The molecular weight excluding hydrogens is 363 g/mol.